The van der Waals surface area contributed by atoms with Crippen LogP contribution < -0.4 is 20.7 Å². The number of hydrogen-bond donors (Lipinski definition) is 3. The minimum Gasteiger partial charge on any atom is -0.487 e. The Bertz CT molecular complexity index is 1130. The van der Waals surface area contributed by atoms with Gasteiger partial charge in [-0.1, -0.05) is 30.3 Å². The van der Waals surface area contributed by atoms with Crippen molar-refractivity contribution in [3.63, 3.8) is 0 Å². The first kappa shape index (κ1) is 23.3. The first-order valence-electron chi connectivity index (χ1n) is 10.3. The van der Waals surface area contributed by atoms with Crippen molar-refractivity contribution in [3.8, 4) is 5.75 Å². The lowest BCUT2D eigenvalue weighted by molar-refractivity contribution is -0.385. The van der Waals surface area contributed by atoms with Gasteiger partial charge in [0, 0.05) is 23.0 Å². The minimum absolute atomic E-state index is 0.117. The maximum absolute atomic E-state index is 12.6. The number of amides is 3. The Morgan fingerprint density at radius 2 is 1.61 bits per heavy atom. The zero-order valence-corrected chi connectivity index (χ0v) is 18.2. The molecule has 0 radical (unpaired) electrons. The second-order valence-corrected chi connectivity index (χ2v) is 7.13. The number of ether oxygens (including phenoxy) is 1. The summed E-state index contributed by atoms with van der Waals surface area (Å²) < 4.78 is 5.25. The van der Waals surface area contributed by atoms with Crippen LogP contribution in [-0.2, 0) is 0 Å². The quantitative estimate of drug-likeness (QED) is 0.326. The van der Waals surface area contributed by atoms with Crippen molar-refractivity contribution in [2.75, 3.05) is 17.2 Å². The lowest BCUT2D eigenvalue weighted by Gasteiger charge is -2.15. The molecule has 9 nitrogen and oxygen atoms in total. The van der Waals surface area contributed by atoms with E-state index < -0.39 is 10.8 Å². The predicted octanol–water partition coefficient (Wildman–Crippen LogP) is 5.13. The van der Waals surface area contributed by atoms with Crippen LogP contribution >= 0.6 is 0 Å². The van der Waals surface area contributed by atoms with Crippen molar-refractivity contribution >= 4 is 29.0 Å². The number of anilines is 2. The van der Waals surface area contributed by atoms with Crippen molar-refractivity contribution in [2.45, 2.75) is 19.9 Å². The summed E-state index contributed by atoms with van der Waals surface area (Å²) >= 11 is 0. The molecule has 3 amide bonds. The number of nitrogens with zero attached hydrogens (tertiary/aromatic N) is 1. The molecule has 0 saturated carbocycles. The van der Waals surface area contributed by atoms with Crippen molar-refractivity contribution in [1.29, 1.82) is 0 Å². The molecule has 3 aromatic carbocycles. The molecular formula is C24H24N4O5. The third-order valence-corrected chi connectivity index (χ3v) is 4.77. The monoisotopic (exact) mass is 448 g/mol. The number of nitro benzene ring substituents is 1. The van der Waals surface area contributed by atoms with E-state index in [9.17, 15) is 19.7 Å². The van der Waals surface area contributed by atoms with E-state index in [0.29, 0.717) is 11.4 Å². The maximum Gasteiger partial charge on any atom is 0.323 e. The average molecular weight is 448 g/mol. The number of nitro groups is 1. The summed E-state index contributed by atoms with van der Waals surface area (Å²) in [6.07, 6.45) is 0. The number of carbonyl (C=O) groups excluding carboxylic acids is 2. The van der Waals surface area contributed by atoms with E-state index in [0.717, 1.165) is 5.56 Å². The summed E-state index contributed by atoms with van der Waals surface area (Å²) in [5.74, 6) is -0.329. The number of carbonyl (C=O) groups is 2. The molecular weight excluding hydrogens is 424 g/mol. The van der Waals surface area contributed by atoms with Gasteiger partial charge in [-0.3, -0.25) is 14.9 Å². The van der Waals surface area contributed by atoms with Crippen LogP contribution in [-0.4, -0.2) is 23.5 Å². The third-order valence-electron chi connectivity index (χ3n) is 4.77. The van der Waals surface area contributed by atoms with Crippen LogP contribution in [0.25, 0.3) is 0 Å². The van der Waals surface area contributed by atoms with E-state index in [1.807, 2.05) is 18.2 Å². The molecule has 0 aliphatic rings. The molecule has 0 unspecified atom stereocenters. The molecule has 9 heteroatoms. The fourth-order valence-electron chi connectivity index (χ4n) is 3.11. The van der Waals surface area contributed by atoms with Crippen molar-refractivity contribution < 1.29 is 19.2 Å². The molecule has 0 fully saturated rings. The zero-order chi connectivity index (χ0) is 23.8. The molecule has 0 aliphatic heterocycles. The molecule has 0 bridgehead atoms. The molecule has 1 atom stereocenters. The third kappa shape index (κ3) is 6.30. The summed E-state index contributed by atoms with van der Waals surface area (Å²) in [7, 11) is 0. The molecule has 0 aromatic heterocycles. The number of urea groups is 1. The summed E-state index contributed by atoms with van der Waals surface area (Å²) in [6, 6.07) is 19.5. The van der Waals surface area contributed by atoms with Crippen LogP contribution in [0.15, 0.2) is 72.8 Å². The van der Waals surface area contributed by atoms with Crippen molar-refractivity contribution in [1.82, 2.24) is 5.32 Å². The zero-order valence-electron chi connectivity index (χ0n) is 18.2. The Morgan fingerprint density at radius 1 is 0.970 bits per heavy atom. The summed E-state index contributed by atoms with van der Waals surface area (Å²) in [4.78, 5) is 35.4. The molecule has 3 aromatic rings. The normalized spacial score (nSPS) is 11.2. The van der Waals surface area contributed by atoms with Gasteiger partial charge in [-0.2, -0.15) is 0 Å². The largest absolute Gasteiger partial charge is 0.487 e. The number of hydrogen-bond acceptors (Lipinski definition) is 5. The first-order valence-corrected chi connectivity index (χ1v) is 10.3. The van der Waals surface area contributed by atoms with Gasteiger partial charge in [-0.25, -0.2) is 4.79 Å². The van der Waals surface area contributed by atoms with Gasteiger partial charge in [0.15, 0.2) is 5.75 Å². The Hall–Kier alpha value is -4.40. The molecule has 33 heavy (non-hydrogen) atoms. The Balaban J connectivity index is 1.61. The highest BCUT2D eigenvalue weighted by Crippen LogP contribution is 2.28. The predicted molar refractivity (Wildman–Crippen MR) is 126 cm³/mol. The van der Waals surface area contributed by atoms with Gasteiger partial charge in [0.05, 0.1) is 17.6 Å². The molecule has 0 saturated heterocycles. The summed E-state index contributed by atoms with van der Waals surface area (Å²) in [6.45, 7) is 3.80. The van der Waals surface area contributed by atoms with Crippen LogP contribution in [0.4, 0.5) is 21.9 Å². The van der Waals surface area contributed by atoms with Crippen LogP contribution in [0.2, 0.25) is 0 Å². The smallest absolute Gasteiger partial charge is 0.323 e. The average Bonchev–Trinajstić information content (AvgIpc) is 2.80. The van der Waals surface area contributed by atoms with Crippen LogP contribution in [0.3, 0.4) is 0 Å². The summed E-state index contributed by atoms with van der Waals surface area (Å²) in [5, 5.41) is 19.6. The standard InChI is InChI=1S/C24H24N4O5/c1-3-33-22-14-11-18(15-21(22)28(31)32)23(29)25-16(2)17-9-12-20(13-10-17)27-24(30)26-19-7-5-4-6-8-19/h4-16H,3H2,1-2H3,(H,25,29)(H2,26,27,30)/t16-/m1/s1. The Labute approximate surface area is 190 Å². The fraction of sp³-hybridized carbons (Fsp3) is 0.167. The van der Waals surface area contributed by atoms with E-state index in [1.165, 1.54) is 18.2 Å². The minimum atomic E-state index is -0.579. The fourth-order valence-corrected chi connectivity index (χ4v) is 3.11. The second-order valence-electron chi connectivity index (χ2n) is 7.13. The highest BCUT2D eigenvalue weighted by atomic mass is 16.6. The van der Waals surface area contributed by atoms with Gasteiger partial charge in [-0.15, -0.1) is 0 Å². The van der Waals surface area contributed by atoms with E-state index in [4.69, 9.17) is 4.74 Å². The van der Waals surface area contributed by atoms with E-state index in [1.54, 1.807) is 50.2 Å². The number of rotatable bonds is 8. The van der Waals surface area contributed by atoms with Gasteiger partial charge < -0.3 is 20.7 Å². The topological polar surface area (TPSA) is 123 Å². The van der Waals surface area contributed by atoms with E-state index in [-0.39, 0.29) is 35.7 Å². The molecule has 170 valence electrons. The van der Waals surface area contributed by atoms with E-state index in [2.05, 4.69) is 16.0 Å². The Morgan fingerprint density at radius 3 is 2.21 bits per heavy atom. The van der Waals surface area contributed by atoms with Gasteiger partial charge in [0.1, 0.15) is 0 Å². The molecule has 0 spiro atoms. The molecule has 3 N–H and O–H groups in total. The van der Waals surface area contributed by atoms with Gasteiger partial charge in [0.2, 0.25) is 0 Å². The molecule has 0 aliphatic carbocycles. The van der Waals surface area contributed by atoms with Crippen LogP contribution in [0.1, 0.15) is 35.8 Å². The van der Waals surface area contributed by atoms with Crippen LogP contribution in [0, 0.1) is 10.1 Å². The maximum atomic E-state index is 12.6. The second kappa shape index (κ2) is 10.8. The Kier molecular flexibility index (Phi) is 7.59. The molecule has 0 heterocycles. The van der Waals surface area contributed by atoms with Crippen molar-refractivity contribution in [2.24, 2.45) is 0 Å². The van der Waals surface area contributed by atoms with E-state index >= 15 is 0 Å². The van der Waals surface area contributed by atoms with Crippen LogP contribution in [0.5, 0.6) is 5.75 Å². The van der Waals surface area contributed by atoms with Gasteiger partial charge in [-0.05, 0) is 55.8 Å². The highest BCUT2D eigenvalue weighted by Gasteiger charge is 2.20. The van der Waals surface area contributed by atoms with Gasteiger partial charge >= 0.3 is 11.7 Å². The number of nitrogens with one attached hydrogen (secondary N) is 3. The number of para-hydroxylation sites is 1. The number of benzene rings is 3. The first-order chi connectivity index (χ1) is 15.9. The van der Waals surface area contributed by atoms with Crippen molar-refractivity contribution in [3.05, 3.63) is 94.0 Å². The SMILES string of the molecule is CCOc1ccc(C(=O)N[C@H](C)c2ccc(NC(=O)Nc3ccccc3)cc2)cc1[N+](=O)[O-]. The van der Waals surface area contributed by atoms with Gasteiger partial charge in [0.25, 0.3) is 5.91 Å². The summed E-state index contributed by atoms with van der Waals surface area (Å²) in [5.41, 5.74) is 1.97. The molecule has 3 rings (SSSR count). The lowest BCUT2D eigenvalue weighted by Crippen LogP contribution is -2.26. The highest BCUT2D eigenvalue weighted by molar-refractivity contribution is 5.99. The lowest BCUT2D eigenvalue weighted by atomic mass is 10.1.